The molecule has 124 valence electrons. The summed E-state index contributed by atoms with van der Waals surface area (Å²) in [4.78, 5) is 5.12. The number of nitrogens with one attached hydrogen (secondary N) is 2. The molecule has 1 aliphatic heterocycles. The van der Waals surface area contributed by atoms with Crippen LogP contribution in [0.1, 0.15) is 49.3 Å². The van der Waals surface area contributed by atoms with Crippen molar-refractivity contribution < 1.29 is 0 Å². The highest BCUT2D eigenvalue weighted by Gasteiger charge is 2.26. The highest BCUT2D eigenvalue weighted by molar-refractivity contribution is 6.06. The van der Waals surface area contributed by atoms with Crippen molar-refractivity contribution >= 4 is 17.2 Å². The lowest BCUT2D eigenvalue weighted by molar-refractivity contribution is 0.442. The van der Waals surface area contributed by atoms with Crippen molar-refractivity contribution in [3.8, 4) is 0 Å². The van der Waals surface area contributed by atoms with Gasteiger partial charge in [0, 0.05) is 0 Å². The van der Waals surface area contributed by atoms with Crippen LogP contribution in [0.3, 0.4) is 0 Å². The van der Waals surface area contributed by atoms with E-state index in [-0.39, 0.29) is 6.04 Å². The molecule has 1 atom stereocenters. The van der Waals surface area contributed by atoms with E-state index in [9.17, 15) is 0 Å². The Kier molecular flexibility index (Phi) is 4.24. The average Bonchev–Trinajstić information content (AvgIpc) is 2.63. The average molecular weight is 319 g/mol. The Morgan fingerprint density at radius 2 is 1.58 bits per heavy atom. The number of anilines is 2. The van der Waals surface area contributed by atoms with Gasteiger partial charge in [0.1, 0.15) is 11.9 Å². The molecule has 3 heteroatoms. The minimum absolute atomic E-state index is 0.0995. The van der Waals surface area contributed by atoms with Crippen molar-refractivity contribution in [2.75, 3.05) is 10.6 Å². The molecule has 1 heterocycles. The van der Waals surface area contributed by atoms with E-state index in [0.29, 0.717) is 6.04 Å². The number of amidine groups is 1. The molecule has 2 aromatic rings. The molecular formula is C21H25N3. The van der Waals surface area contributed by atoms with Crippen LogP contribution in [0.4, 0.5) is 11.4 Å². The quantitative estimate of drug-likeness (QED) is 0.787. The molecule has 2 N–H and O–H groups in total. The van der Waals surface area contributed by atoms with Crippen LogP contribution in [-0.4, -0.2) is 11.9 Å². The number of rotatable bonds is 2. The van der Waals surface area contributed by atoms with Crippen LogP contribution in [-0.2, 0) is 0 Å². The highest BCUT2D eigenvalue weighted by Crippen LogP contribution is 2.33. The Labute approximate surface area is 144 Å². The van der Waals surface area contributed by atoms with Gasteiger partial charge in [-0.15, -0.1) is 0 Å². The van der Waals surface area contributed by atoms with E-state index in [2.05, 4.69) is 66.1 Å². The summed E-state index contributed by atoms with van der Waals surface area (Å²) in [5, 5.41) is 7.27. The Hall–Kier alpha value is -2.29. The van der Waals surface area contributed by atoms with Crippen LogP contribution in [0.25, 0.3) is 0 Å². The number of nitrogens with zero attached hydrogens (tertiary/aromatic N) is 1. The lowest BCUT2D eigenvalue weighted by atomic mass is 9.95. The van der Waals surface area contributed by atoms with E-state index in [1.54, 1.807) is 0 Å². The normalized spacial score (nSPS) is 22.5. The second-order valence-electron chi connectivity index (χ2n) is 6.96. The summed E-state index contributed by atoms with van der Waals surface area (Å²) in [5.74, 6) is 1.06. The largest absolute Gasteiger partial charge is 0.370 e. The van der Waals surface area contributed by atoms with E-state index in [0.717, 1.165) is 17.2 Å². The fourth-order valence-electron chi connectivity index (χ4n) is 3.67. The van der Waals surface area contributed by atoms with Crippen LogP contribution < -0.4 is 10.6 Å². The van der Waals surface area contributed by atoms with Gasteiger partial charge in [-0.05, 0) is 37.5 Å². The molecule has 1 saturated carbocycles. The third kappa shape index (κ3) is 3.16. The summed E-state index contributed by atoms with van der Waals surface area (Å²) in [6.07, 6.45) is 6.40. The van der Waals surface area contributed by atoms with Crippen molar-refractivity contribution in [1.82, 2.24) is 0 Å². The van der Waals surface area contributed by atoms with Gasteiger partial charge in [-0.2, -0.15) is 0 Å². The van der Waals surface area contributed by atoms with Crippen molar-refractivity contribution in [3.63, 3.8) is 0 Å². The standard InChI is InChI=1S/C21H25N3/c1-15-11-13-16(14-12-15)20-21(22-17-7-3-2-4-8-17)24-19-10-6-5-9-18(19)23-20/h5-6,9-14,17,20,23H,2-4,7-8H2,1H3,(H,22,24). The summed E-state index contributed by atoms with van der Waals surface area (Å²) < 4.78 is 0. The molecule has 24 heavy (non-hydrogen) atoms. The maximum Gasteiger partial charge on any atom is 0.129 e. The van der Waals surface area contributed by atoms with Crippen molar-refractivity contribution in [2.24, 2.45) is 4.99 Å². The van der Waals surface area contributed by atoms with Gasteiger partial charge in [-0.25, -0.2) is 0 Å². The monoisotopic (exact) mass is 319 g/mol. The fraction of sp³-hybridized carbons (Fsp3) is 0.381. The zero-order valence-electron chi connectivity index (χ0n) is 14.3. The minimum atomic E-state index is 0.0995. The lowest BCUT2D eigenvalue weighted by Gasteiger charge is -2.32. The topological polar surface area (TPSA) is 36.4 Å². The van der Waals surface area contributed by atoms with Crippen LogP contribution in [0, 0.1) is 6.92 Å². The van der Waals surface area contributed by atoms with Crippen LogP contribution >= 0.6 is 0 Å². The Bertz CT molecular complexity index is 727. The molecule has 0 aromatic heterocycles. The molecule has 0 radical (unpaired) electrons. The first-order valence-electron chi connectivity index (χ1n) is 9.06. The first-order valence-corrected chi connectivity index (χ1v) is 9.06. The molecule has 1 aliphatic carbocycles. The Balaban J connectivity index is 1.69. The highest BCUT2D eigenvalue weighted by atomic mass is 15.1. The number of aliphatic imine (C=N–C) groups is 1. The molecule has 0 spiro atoms. The fourth-order valence-corrected chi connectivity index (χ4v) is 3.67. The van der Waals surface area contributed by atoms with E-state index in [1.165, 1.54) is 43.2 Å². The first kappa shape index (κ1) is 15.3. The van der Waals surface area contributed by atoms with E-state index in [1.807, 2.05) is 0 Å². The molecule has 0 saturated heterocycles. The maximum atomic E-state index is 5.12. The second kappa shape index (κ2) is 6.68. The zero-order valence-corrected chi connectivity index (χ0v) is 14.3. The number of benzene rings is 2. The molecule has 3 nitrogen and oxygen atoms in total. The summed E-state index contributed by atoms with van der Waals surface area (Å²) in [7, 11) is 0. The van der Waals surface area contributed by atoms with Gasteiger partial charge in [0.2, 0.25) is 0 Å². The summed E-state index contributed by atoms with van der Waals surface area (Å²) in [6.45, 7) is 2.13. The summed E-state index contributed by atoms with van der Waals surface area (Å²) >= 11 is 0. The van der Waals surface area contributed by atoms with Gasteiger partial charge >= 0.3 is 0 Å². The molecule has 4 rings (SSSR count). The van der Waals surface area contributed by atoms with Gasteiger partial charge < -0.3 is 10.6 Å². The van der Waals surface area contributed by atoms with E-state index >= 15 is 0 Å². The molecule has 1 fully saturated rings. The Morgan fingerprint density at radius 3 is 2.33 bits per heavy atom. The summed E-state index contributed by atoms with van der Waals surface area (Å²) in [5.41, 5.74) is 4.81. The van der Waals surface area contributed by atoms with Gasteiger partial charge in [-0.1, -0.05) is 61.2 Å². The zero-order chi connectivity index (χ0) is 16.4. The minimum Gasteiger partial charge on any atom is -0.370 e. The van der Waals surface area contributed by atoms with Gasteiger partial charge in [0.25, 0.3) is 0 Å². The first-order chi connectivity index (χ1) is 11.8. The molecule has 2 aromatic carbocycles. The van der Waals surface area contributed by atoms with Crippen molar-refractivity contribution in [3.05, 3.63) is 59.7 Å². The van der Waals surface area contributed by atoms with Crippen molar-refractivity contribution in [1.29, 1.82) is 0 Å². The van der Waals surface area contributed by atoms with E-state index < -0.39 is 0 Å². The molecule has 0 amide bonds. The predicted molar refractivity (Wildman–Crippen MR) is 102 cm³/mol. The SMILES string of the molecule is Cc1ccc(C2Nc3ccccc3NC2=NC2CCCCC2)cc1. The molecule has 2 aliphatic rings. The number of fused-ring (bicyclic) bond motifs is 1. The third-order valence-corrected chi connectivity index (χ3v) is 5.07. The Morgan fingerprint density at radius 1 is 0.875 bits per heavy atom. The third-order valence-electron chi connectivity index (χ3n) is 5.07. The smallest absolute Gasteiger partial charge is 0.129 e. The second-order valence-corrected chi connectivity index (χ2v) is 6.96. The van der Waals surface area contributed by atoms with Crippen LogP contribution in [0.2, 0.25) is 0 Å². The lowest BCUT2D eigenvalue weighted by Crippen LogP contribution is -2.33. The van der Waals surface area contributed by atoms with Crippen molar-refractivity contribution in [2.45, 2.75) is 51.1 Å². The number of aryl methyl sites for hydroxylation is 1. The van der Waals surface area contributed by atoms with Crippen LogP contribution in [0.15, 0.2) is 53.5 Å². The molecule has 0 bridgehead atoms. The van der Waals surface area contributed by atoms with E-state index in [4.69, 9.17) is 4.99 Å². The molecular weight excluding hydrogens is 294 g/mol. The van der Waals surface area contributed by atoms with Gasteiger partial charge in [0.15, 0.2) is 0 Å². The van der Waals surface area contributed by atoms with Gasteiger partial charge in [0.05, 0.1) is 17.4 Å². The predicted octanol–water partition coefficient (Wildman–Crippen LogP) is 5.30. The van der Waals surface area contributed by atoms with Crippen LogP contribution in [0.5, 0.6) is 0 Å². The molecule has 1 unspecified atom stereocenters. The number of para-hydroxylation sites is 2. The summed E-state index contributed by atoms with van der Waals surface area (Å²) in [6, 6.07) is 17.7. The number of hydrogen-bond acceptors (Lipinski definition) is 2. The maximum absolute atomic E-state index is 5.12. The number of hydrogen-bond donors (Lipinski definition) is 2. The van der Waals surface area contributed by atoms with Gasteiger partial charge in [-0.3, -0.25) is 4.99 Å².